The van der Waals surface area contributed by atoms with E-state index in [0.717, 1.165) is 10.0 Å². The summed E-state index contributed by atoms with van der Waals surface area (Å²) >= 11 is 3.33. The van der Waals surface area contributed by atoms with Gasteiger partial charge in [-0.3, -0.25) is 9.69 Å². The Hall–Kier alpha value is -2.38. The lowest BCUT2D eigenvalue weighted by Gasteiger charge is -2.19. The summed E-state index contributed by atoms with van der Waals surface area (Å²) in [5.74, 6) is -0.149. The predicted molar refractivity (Wildman–Crippen MR) is 81.1 cm³/mol. The monoisotopic (exact) mass is 324 g/mol. The third-order valence-corrected chi connectivity index (χ3v) is 3.75. The lowest BCUT2D eigenvalue weighted by atomic mass is 10.1. The Morgan fingerprint density at radius 2 is 1.85 bits per heavy atom. The van der Waals surface area contributed by atoms with Crippen LogP contribution < -0.4 is 4.90 Å². The minimum absolute atomic E-state index is 0.149. The summed E-state index contributed by atoms with van der Waals surface area (Å²) in [5.41, 5.74) is 3.02. The van der Waals surface area contributed by atoms with E-state index in [2.05, 4.69) is 28.6 Å². The highest BCUT2D eigenvalue weighted by Gasteiger charge is 2.32. The van der Waals surface area contributed by atoms with Gasteiger partial charge in [-0.15, -0.1) is 0 Å². The van der Waals surface area contributed by atoms with Crippen LogP contribution in [0.15, 0.2) is 53.5 Å². The van der Waals surface area contributed by atoms with Gasteiger partial charge in [0.05, 0.1) is 16.9 Å². The standard InChI is InChI=1S/C16H9BrN2O/c1-10-13-4-2-3-5-14(13)16(20)19(10)15-7-6-12(17)8-11(15)9-18/h2-8H,1H2. The van der Waals surface area contributed by atoms with Crippen molar-refractivity contribution in [1.82, 2.24) is 0 Å². The number of benzene rings is 2. The van der Waals surface area contributed by atoms with Crippen LogP contribution in [0.4, 0.5) is 5.69 Å². The van der Waals surface area contributed by atoms with Crippen molar-refractivity contribution in [3.63, 3.8) is 0 Å². The molecule has 0 spiro atoms. The second-order valence-corrected chi connectivity index (χ2v) is 5.32. The number of carbonyl (C=O) groups is 1. The maximum absolute atomic E-state index is 12.5. The van der Waals surface area contributed by atoms with Crippen molar-refractivity contribution in [1.29, 1.82) is 5.26 Å². The minimum atomic E-state index is -0.149. The molecular formula is C16H9BrN2O. The smallest absolute Gasteiger partial charge is 0.263 e. The topological polar surface area (TPSA) is 44.1 Å². The maximum atomic E-state index is 12.5. The van der Waals surface area contributed by atoms with Gasteiger partial charge in [0.25, 0.3) is 5.91 Å². The minimum Gasteiger partial charge on any atom is -0.276 e. The number of anilines is 1. The molecule has 1 amide bonds. The zero-order chi connectivity index (χ0) is 14.3. The first-order valence-electron chi connectivity index (χ1n) is 5.96. The van der Waals surface area contributed by atoms with Gasteiger partial charge < -0.3 is 0 Å². The third kappa shape index (κ3) is 1.75. The molecule has 2 aromatic carbocycles. The quantitative estimate of drug-likeness (QED) is 0.797. The second kappa shape index (κ2) is 4.62. The summed E-state index contributed by atoms with van der Waals surface area (Å²) in [7, 11) is 0. The van der Waals surface area contributed by atoms with Gasteiger partial charge in [-0.1, -0.05) is 40.7 Å². The first-order valence-corrected chi connectivity index (χ1v) is 6.75. The molecular weight excluding hydrogens is 316 g/mol. The van der Waals surface area contributed by atoms with E-state index >= 15 is 0 Å². The number of hydrogen-bond acceptors (Lipinski definition) is 2. The Labute approximate surface area is 124 Å². The number of fused-ring (bicyclic) bond motifs is 1. The zero-order valence-corrected chi connectivity index (χ0v) is 12.0. The van der Waals surface area contributed by atoms with E-state index in [-0.39, 0.29) is 5.91 Å². The summed E-state index contributed by atoms with van der Waals surface area (Å²) in [4.78, 5) is 14.0. The number of carbonyl (C=O) groups excluding carboxylic acids is 1. The van der Waals surface area contributed by atoms with E-state index in [0.29, 0.717) is 22.5 Å². The fourth-order valence-corrected chi connectivity index (χ4v) is 2.69. The molecule has 0 aliphatic carbocycles. The van der Waals surface area contributed by atoms with Crippen molar-refractivity contribution in [2.24, 2.45) is 0 Å². The molecule has 0 bridgehead atoms. The van der Waals surface area contributed by atoms with Crippen LogP contribution in [0.5, 0.6) is 0 Å². The van der Waals surface area contributed by atoms with E-state index in [1.807, 2.05) is 18.2 Å². The van der Waals surface area contributed by atoms with Gasteiger partial charge in [-0.2, -0.15) is 5.26 Å². The van der Waals surface area contributed by atoms with E-state index in [1.165, 1.54) is 4.90 Å². The molecule has 2 aromatic rings. The average molecular weight is 325 g/mol. The van der Waals surface area contributed by atoms with Crippen LogP contribution in [-0.2, 0) is 0 Å². The molecule has 0 aromatic heterocycles. The number of amides is 1. The Balaban J connectivity index is 2.17. The van der Waals surface area contributed by atoms with E-state index < -0.39 is 0 Å². The van der Waals surface area contributed by atoms with Gasteiger partial charge in [0.1, 0.15) is 6.07 Å². The molecule has 0 saturated heterocycles. The van der Waals surface area contributed by atoms with Gasteiger partial charge in [0, 0.05) is 15.6 Å². The summed E-state index contributed by atoms with van der Waals surface area (Å²) in [6.07, 6.45) is 0. The Kier molecular flexibility index (Phi) is 2.92. The molecule has 0 N–H and O–H groups in total. The van der Waals surface area contributed by atoms with Crippen LogP contribution in [0.1, 0.15) is 21.5 Å². The van der Waals surface area contributed by atoms with Crippen LogP contribution in [-0.4, -0.2) is 5.91 Å². The van der Waals surface area contributed by atoms with E-state index in [4.69, 9.17) is 0 Å². The molecule has 1 aliphatic heterocycles. The Morgan fingerprint density at radius 1 is 1.15 bits per heavy atom. The largest absolute Gasteiger partial charge is 0.276 e. The van der Waals surface area contributed by atoms with Crippen LogP contribution in [0.2, 0.25) is 0 Å². The lowest BCUT2D eigenvalue weighted by molar-refractivity contribution is 0.101. The summed E-state index contributed by atoms with van der Waals surface area (Å²) in [6, 6.07) is 14.7. The number of rotatable bonds is 1. The van der Waals surface area contributed by atoms with Crippen LogP contribution >= 0.6 is 15.9 Å². The van der Waals surface area contributed by atoms with Gasteiger partial charge in [-0.25, -0.2) is 0 Å². The van der Waals surface area contributed by atoms with Crippen molar-refractivity contribution in [2.75, 3.05) is 4.90 Å². The SMILES string of the molecule is C=C1c2ccccc2C(=O)N1c1ccc(Br)cc1C#N. The van der Waals surface area contributed by atoms with Gasteiger partial charge >= 0.3 is 0 Å². The molecule has 96 valence electrons. The zero-order valence-electron chi connectivity index (χ0n) is 10.4. The highest BCUT2D eigenvalue weighted by Crippen LogP contribution is 2.37. The summed E-state index contributed by atoms with van der Waals surface area (Å²) in [5, 5.41) is 9.25. The summed E-state index contributed by atoms with van der Waals surface area (Å²) < 4.78 is 0.799. The van der Waals surface area contributed by atoms with Crippen LogP contribution in [0.3, 0.4) is 0 Å². The number of nitriles is 1. The fourth-order valence-electron chi connectivity index (χ4n) is 2.33. The lowest BCUT2D eigenvalue weighted by Crippen LogP contribution is -2.22. The summed E-state index contributed by atoms with van der Waals surface area (Å²) in [6.45, 7) is 3.99. The molecule has 3 nitrogen and oxygen atoms in total. The molecule has 4 heteroatoms. The highest BCUT2D eigenvalue weighted by atomic mass is 79.9. The molecule has 0 unspecified atom stereocenters. The first kappa shape index (κ1) is 12.6. The molecule has 1 heterocycles. The van der Waals surface area contributed by atoms with Crippen LogP contribution in [0, 0.1) is 11.3 Å². The number of halogens is 1. The number of nitrogens with zero attached hydrogens (tertiary/aromatic N) is 2. The Morgan fingerprint density at radius 3 is 2.50 bits per heavy atom. The second-order valence-electron chi connectivity index (χ2n) is 4.41. The Bertz CT molecular complexity index is 754. The van der Waals surface area contributed by atoms with Crippen molar-refractivity contribution >= 4 is 33.2 Å². The third-order valence-electron chi connectivity index (χ3n) is 3.26. The molecule has 0 radical (unpaired) electrons. The van der Waals surface area contributed by atoms with E-state index in [1.54, 1.807) is 24.3 Å². The molecule has 1 aliphatic rings. The van der Waals surface area contributed by atoms with Gasteiger partial charge in [0.2, 0.25) is 0 Å². The first-order chi connectivity index (χ1) is 9.63. The molecule has 0 saturated carbocycles. The molecule has 20 heavy (non-hydrogen) atoms. The predicted octanol–water partition coefficient (Wildman–Crippen LogP) is 3.95. The van der Waals surface area contributed by atoms with Crippen molar-refractivity contribution in [2.45, 2.75) is 0 Å². The molecule has 0 atom stereocenters. The normalized spacial score (nSPS) is 13.3. The van der Waals surface area contributed by atoms with Gasteiger partial charge in [0.15, 0.2) is 0 Å². The van der Waals surface area contributed by atoms with Gasteiger partial charge in [-0.05, 0) is 24.3 Å². The van der Waals surface area contributed by atoms with Crippen molar-refractivity contribution in [3.05, 3.63) is 70.2 Å². The van der Waals surface area contributed by atoms with Crippen molar-refractivity contribution in [3.8, 4) is 6.07 Å². The molecule has 3 rings (SSSR count). The highest BCUT2D eigenvalue weighted by molar-refractivity contribution is 9.10. The van der Waals surface area contributed by atoms with Crippen molar-refractivity contribution < 1.29 is 4.79 Å². The van der Waals surface area contributed by atoms with E-state index in [9.17, 15) is 10.1 Å². The fraction of sp³-hybridized carbons (Fsp3) is 0. The number of hydrogen-bond donors (Lipinski definition) is 0. The molecule has 0 fully saturated rings. The van der Waals surface area contributed by atoms with Crippen LogP contribution in [0.25, 0.3) is 5.70 Å². The average Bonchev–Trinajstić information content (AvgIpc) is 2.72. The maximum Gasteiger partial charge on any atom is 0.263 e.